The van der Waals surface area contributed by atoms with E-state index >= 15 is 0 Å². The Hall–Kier alpha value is -1.12. The molecule has 5 atom stereocenters. The van der Waals surface area contributed by atoms with Crippen LogP contribution in [0.2, 0.25) is 0 Å². The minimum absolute atomic E-state index is 0.125. The molecule has 1 aromatic carbocycles. The molecule has 2 aliphatic carbocycles. The van der Waals surface area contributed by atoms with Gasteiger partial charge in [0.2, 0.25) is 0 Å². The maximum Gasteiger partial charge on any atom is 0.0707 e. The highest BCUT2D eigenvalue weighted by Gasteiger charge is 2.49. The van der Waals surface area contributed by atoms with Crippen molar-refractivity contribution in [3.63, 3.8) is 0 Å². The first-order valence-electron chi connectivity index (χ1n) is 7.55. The van der Waals surface area contributed by atoms with Gasteiger partial charge in [0, 0.05) is 17.8 Å². The molecule has 0 unspecified atom stereocenters. The van der Waals surface area contributed by atoms with Crippen LogP contribution in [0, 0.1) is 11.8 Å². The zero-order chi connectivity index (χ0) is 14.3. The molecule has 1 fully saturated rings. The fourth-order valence-electron chi connectivity index (χ4n) is 3.68. The van der Waals surface area contributed by atoms with Crippen LogP contribution in [0.4, 0.5) is 0 Å². The standard InChI is InChI=1S/C18H24O2/c1-18(2,3)20-17-13-9-10-14(16(17)15(19)11-13)12-7-5-4-6-8-12/h4-10,13-17,19H,11H2,1-3H3/t13-,14+,15-,16+,17-/m1/s1. The van der Waals surface area contributed by atoms with E-state index in [9.17, 15) is 5.11 Å². The lowest BCUT2D eigenvalue weighted by molar-refractivity contribution is -0.0996. The van der Waals surface area contributed by atoms with Gasteiger partial charge in [0.05, 0.1) is 17.8 Å². The van der Waals surface area contributed by atoms with E-state index in [-0.39, 0.29) is 29.6 Å². The van der Waals surface area contributed by atoms with Crippen molar-refractivity contribution in [3.8, 4) is 0 Å². The molecular formula is C18H24O2. The summed E-state index contributed by atoms with van der Waals surface area (Å²) in [4.78, 5) is 0. The molecule has 1 aromatic rings. The van der Waals surface area contributed by atoms with E-state index in [4.69, 9.17) is 4.74 Å². The maximum atomic E-state index is 10.5. The minimum atomic E-state index is -0.271. The Morgan fingerprint density at radius 1 is 1.10 bits per heavy atom. The van der Waals surface area contributed by atoms with E-state index in [1.54, 1.807) is 0 Å². The molecule has 0 heterocycles. The molecule has 0 radical (unpaired) electrons. The topological polar surface area (TPSA) is 29.5 Å². The van der Waals surface area contributed by atoms with Gasteiger partial charge in [-0.2, -0.15) is 0 Å². The van der Waals surface area contributed by atoms with Crippen molar-refractivity contribution in [2.45, 2.75) is 50.9 Å². The first kappa shape index (κ1) is 13.8. The van der Waals surface area contributed by atoms with Gasteiger partial charge < -0.3 is 9.84 Å². The lowest BCUT2D eigenvalue weighted by Crippen LogP contribution is -2.39. The second-order valence-electron chi connectivity index (χ2n) is 7.06. The molecule has 2 bridgehead atoms. The molecule has 0 saturated heterocycles. The van der Waals surface area contributed by atoms with E-state index in [2.05, 4.69) is 57.2 Å². The predicted molar refractivity (Wildman–Crippen MR) is 80.6 cm³/mol. The van der Waals surface area contributed by atoms with Gasteiger partial charge in [-0.15, -0.1) is 0 Å². The van der Waals surface area contributed by atoms with E-state index in [0.29, 0.717) is 5.92 Å². The fourth-order valence-corrected chi connectivity index (χ4v) is 3.68. The molecule has 2 aliphatic rings. The van der Waals surface area contributed by atoms with Crippen LogP contribution < -0.4 is 0 Å². The second-order valence-corrected chi connectivity index (χ2v) is 7.06. The summed E-state index contributed by atoms with van der Waals surface area (Å²) in [6, 6.07) is 10.5. The quantitative estimate of drug-likeness (QED) is 0.835. The highest BCUT2D eigenvalue weighted by atomic mass is 16.5. The van der Waals surface area contributed by atoms with Crippen LogP contribution in [-0.4, -0.2) is 22.9 Å². The van der Waals surface area contributed by atoms with Gasteiger partial charge >= 0.3 is 0 Å². The van der Waals surface area contributed by atoms with Crippen LogP contribution in [0.3, 0.4) is 0 Å². The van der Waals surface area contributed by atoms with Crippen LogP contribution in [0.15, 0.2) is 42.5 Å². The number of hydrogen-bond donors (Lipinski definition) is 1. The van der Waals surface area contributed by atoms with Crippen molar-refractivity contribution in [1.82, 2.24) is 0 Å². The third-order valence-electron chi connectivity index (χ3n) is 4.41. The maximum absolute atomic E-state index is 10.5. The zero-order valence-electron chi connectivity index (χ0n) is 12.5. The summed E-state index contributed by atoms with van der Waals surface area (Å²) in [5.41, 5.74) is 1.10. The van der Waals surface area contributed by atoms with E-state index < -0.39 is 0 Å². The Kier molecular flexibility index (Phi) is 3.47. The Bertz CT molecular complexity index is 486. The number of aliphatic hydroxyl groups excluding tert-OH is 1. The van der Waals surface area contributed by atoms with Gasteiger partial charge in [-0.05, 0) is 32.8 Å². The molecule has 0 spiro atoms. The second kappa shape index (κ2) is 5.01. The number of rotatable bonds is 2. The van der Waals surface area contributed by atoms with Crippen LogP contribution in [0.1, 0.15) is 38.7 Å². The fraction of sp³-hybridized carbons (Fsp3) is 0.556. The monoisotopic (exact) mass is 272 g/mol. The summed E-state index contributed by atoms with van der Waals surface area (Å²) in [6.07, 6.45) is 5.20. The summed E-state index contributed by atoms with van der Waals surface area (Å²) >= 11 is 0. The van der Waals surface area contributed by atoms with Crippen molar-refractivity contribution in [1.29, 1.82) is 0 Å². The Labute approximate surface area is 121 Å². The Balaban J connectivity index is 1.91. The molecule has 108 valence electrons. The summed E-state index contributed by atoms with van der Waals surface area (Å²) in [7, 11) is 0. The normalized spacial score (nSPS) is 36.3. The molecular weight excluding hydrogens is 248 g/mol. The average molecular weight is 272 g/mol. The minimum Gasteiger partial charge on any atom is -0.393 e. The smallest absolute Gasteiger partial charge is 0.0707 e. The van der Waals surface area contributed by atoms with Crippen LogP contribution in [0.25, 0.3) is 0 Å². The summed E-state index contributed by atoms with van der Waals surface area (Å²) in [5.74, 6) is 0.790. The van der Waals surface area contributed by atoms with Gasteiger partial charge in [-0.1, -0.05) is 42.5 Å². The number of benzene rings is 1. The van der Waals surface area contributed by atoms with Crippen molar-refractivity contribution in [3.05, 3.63) is 48.0 Å². The molecule has 2 heteroatoms. The highest BCUT2D eigenvalue weighted by Crippen LogP contribution is 2.48. The molecule has 0 aliphatic heterocycles. The van der Waals surface area contributed by atoms with Crippen LogP contribution in [-0.2, 0) is 4.74 Å². The van der Waals surface area contributed by atoms with Gasteiger partial charge in [-0.25, -0.2) is 0 Å². The van der Waals surface area contributed by atoms with Crippen molar-refractivity contribution in [2.24, 2.45) is 11.8 Å². The lowest BCUT2D eigenvalue weighted by Gasteiger charge is -2.37. The molecule has 0 amide bonds. The Morgan fingerprint density at radius 3 is 2.45 bits per heavy atom. The number of fused-ring (bicyclic) bond motifs is 2. The number of hydrogen-bond acceptors (Lipinski definition) is 2. The molecule has 1 saturated carbocycles. The number of aliphatic hydroxyl groups is 1. The first-order chi connectivity index (χ1) is 9.46. The predicted octanol–water partition coefficient (Wildman–Crippen LogP) is 3.52. The number of ether oxygens (including phenoxy) is 1. The molecule has 0 aromatic heterocycles. The highest BCUT2D eigenvalue weighted by molar-refractivity contribution is 5.30. The summed E-state index contributed by atoms with van der Waals surface area (Å²) in [5, 5.41) is 10.5. The van der Waals surface area contributed by atoms with Crippen LogP contribution >= 0.6 is 0 Å². The van der Waals surface area contributed by atoms with Gasteiger partial charge in [0.25, 0.3) is 0 Å². The van der Waals surface area contributed by atoms with E-state index in [0.717, 1.165) is 6.42 Å². The van der Waals surface area contributed by atoms with Gasteiger partial charge in [0.1, 0.15) is 0 Å². The SMILES string of the molecule is CC(C)(C)O[C@H]1[C@@H]2[C@H](O)C[C@H]1C=C[C@H]2c1ccccc1. The van der Waals surface area contributed by atoms with Crippen molar-refractivity contribution < 1.29 is 9.84 Å². The Morgan fingerprint density at radius 2 is 1.80 bits per heavy atom. The summed E-state index contributed by atoms with van der Waals surface area (Å²) in [6.45, 7) is 6.28. The van der Waals surface area contributed by atoms with E-state index in [1.807, 2.05) is 6.07 Å². The molecule has 2 nitrogen and oxygen atoms in total. The summed E-state index contributed by atoms with van der Waals surface area (Å²) < 4.78 is 6.28. The first-order valence-corrected chi connectivity index (χ1v) is 7.55. The third-order valence-corrected chi connectivity index (χ3v) is 4.41. The van der Waals surface area contributed by atoms with Gasteiger partial charge in [-0.3, -0.25) is 0 Å². The molecule has 3 rings (SSSR count). The average Bonchev–Trinajstić information content (AvgIpc) is 2.58. The number of allylic oxidation sites excluding steroid dienone is 1. The third kappa shape index (κ3) is 2.55. The zero-order valence-corrected chi connectivity index (χ0v) is 12.5. The van der Waals surface area contributed by atoms with Gasteiger partial charge in [0.15, 0.2) is 0 Å². The van der Waals surface area contributed by atoms with E-state index in [1.165, 1.54) is 5.56 Å². The van der Waals surface area contributed by atoms with Crippen LogP contribution in [0.5, 0.6) is 0 Å². The molecule has 1 N–H and O–H groups in total. The van der Waals surface area contributed by atoms with Crippen molar-refractivity contribution in [2.75, 3.05) is 0 Å². The lowest BCUT2D eigenvalue weighted by atomic mass is 9.78. The molecule has 20 heavy (non-hydrogen) atoms. The van der Waals surface area contributed by atoms with Crippen molar-refractivity contribution >= 4 is 0 Å². The largest absolute Gasteiger partial charge is 0.393 e.